The van der Waals surface area contributed by atoms with Gasteiger partial charge in [-0.2, -0.15) is 91.8 Å². The van der Waals surface area contributed by atoms with Crippen molar-refractivity contribution in [3.05, 3.63) is 11.9 Å². The minimum atomic E-state index is -8.25. The van der Waals surface area contributed by atoms with Gasteiger partial charge in [-0.25, -0.2) is 8.57 Å². The van der Waals surface area contributed by atoms with Crippen molar-refractivity contribution in [1.82, 2.24) is 0 Å². The van der Waals surface area contributed by atoms with Crippen LogP contribution in [0.5, 0.6) is 0 Å². The summed E-state index contributed by atoms with van der Waals surface area (Å²) in [6.07, 6.45) is -24.0. The Bertz CT molecular complexity index is 904. The van der Waals surface area contributed by atoms with E-state index in [1.165, 1.54) is 0 Å². The molecule has 210 valence electrons. The first-order chi connectivity index (χ1) is 14.7. The van der Waals surface area contributed by atoms with Crippen molar-refractivity contribution in [2.45, 2.75) is 53.6 Å². The number of rotatable bonds is 8. The lowest BCUT2D eigenvalue weighted by molar-refractivity contribution is -0.402. The summed E-state index contributed by atoms with van der Waals surface area (Å²) in [5, 5.41) is 0. The molecule has 0 aliphatic heterocycles. The van der Waals surface area contributed by atoms with Gasteiger partial charge < -0.3 is 0 Å². The predicted octanol–water partition coefficient (Wildman–Crippen LogP) is 6.38. The third-order valence-electron chi connectivity index (χ3n) is 3.39. The van der Waals surface area contributed by atoms with E-state index in [9.17, 15) is 96.2 Å². The Morgan fingerprint density at radius 1 is 0.600 bits per heavy atom. The Morgan fingerprint density at radius 2 is 0.943 bits per heavy atom. The van der Waals surface area contributed by atoms with Crippen molar-refractivity contribution in [3.8, 4) is 0 Å². The van der Waals surface area contributed by atoms with Crippen molar-refractivity contribution >= 4 is 10.1 Å². The summed E-state index contributed by atoms with van der Waals surface area (Å²) in [5.74, 6) is -44.4. The molecule has 0 aliphatic carbocycles. The molecule has 0 saturated carbocycles. The zero-order chi connectivity index (χ0) is 29.1. The number of allylic oxidation sites excluding steroid dienone is 1. The van der Waals surface area contributed by atoms with Gasteiger partial charge in [-0.3, -0.25) is 0 Å². The van der Waals surface area contributed by atoms with Crippen LogP contribution in [-0.4, -0.2) is 62.0 Å². The first-order valence-electron chi connectivity index (χ1n) is 7.13. The summed E-state index contributed by atoms with van der Waals surface area (Å²) >= 11 is 0. The molecule has 0 radical (unpaired) electrons. The van der Waals surface area contributed by atoms with E-state index in [0.717, 1.165) is 0 Å². The number of halogens is 20. The van der Waals surface area contributed by atoms with Crippen LogP contribution < -0.4 is 0 Å². The maximum Gasteiger partial charge on any atom is 0.523 e. The van der Waals surface area contributed by atoms with E-state index in [2.05, 4.69) is 4.18 Å². The largest absolute Gasteiger partial charge is 0.523 e. The SMILES string of the molecule is O=S(=O)(OC(/C=C(/F)C(F)(F)C(F)(F)C(F)(F)F)C(F)(F)C(F)(F)C(F)(F)C(F)(F)F)C(F)(F)F. The lowest BCUT2D eigenvalue weighted by atomic mass is 9.97. The van der Waals surface area contributed by atoms with Crippen LogP contribution in [0.1, 0.15) is 0 Å². The van der Waals surface area contributed by atoms with E-state index in [1.807, 2.05) is 0 Å². The van der Waals surface area contributed by atoms with Gasteiger partial charge in [0.25, 0.3) is 0 Å². The van der Waals surface area contributed by atoms with Crippen LogP contribution in [-0.2, 0) is 14.3 Å². The maximum atomic E-state index is 13.7. The fourth-order valence-electron chi connectivity index (χ4n) is 1.52. The highest BCUT2D eigenvalue weighted by atomic mass is 32.2. The Morgan fingerprint density at radius 3 is 1.23 bits per heavy atom. The maximum absolute atomic E-state index is 13.7. The van der Waals surface area contributed by atoms with Crippen molar-refractivity contribution < 1.29 is 100 Å². The van der Waals surface area contributed by atoms with E-state index in [1.54, 1.807) is 0 Å². The van der Waals surface area contributed by atoms with Gasteiger partial charge in [0.05, 0.1) is 0 Å². The molecule has 0 bridgehead atoms. The molecule has 0 rings (SSSR count). The van der Waals surface area contributed by atoms with Crippen molar-refractivity contribution in [3.63, 3.8) is 0 Å². The van der Waals surface area contributed by atoms with Gasteiger partial charge in [0.2, 0.25) is 0 Å². The molecule has 0 saturated heterocycles. The number of alkyl halides is 19. The Kier molecular flexibility index (Phi) is 8.24. The standard InChI is InChI=1S/C11H2F20O3S/c12-2(4(13,14)7(19,20)9(23,24)25)1-3(34-35(32,33)11(29,30)31)5(15,16)6(17,18)8(21,22)10(26,27)28/h1,3H/b2-1+. The van der Waals surface area contributed by atoms with Crippen molar-refractivity contribution in [2.24, 2.45) is 0 Å². The first-order valence-corrected chi connectivity index (χ1v) is 8.54. The van der Waals surface area contributed by atoms with Gasteiger partial charge in [-0.1, -0.05) is 0 Å². The van der Waals surface area contributed by atoms with Crippen LogP contribution >= 0.6 is 0 Å². The molecule has 0 N–H and O–H groups in total. The summed E-state index contributed by atoms with van der Waals surface area (Å²) in [4.78, 5) is 0. The summed E-state index contributed by atoms with van der Waals surface area (Å²) in [7, 11) is -7.98. The molecule has 0 fully saturated rings. The zero-order valence-electron chi connectivity index (χ0n) is 14.8. The average Bonchev–Trinajstić information content (AvgIpc) is 2.57. The second-order valence-electron chi connectivity index (χ2n) is 5.85. The Balaban J connectivity index is 7.21. The number of hydrogen-bond acceptors (Lipinski definition) is 3. The molecule has 24 heteroatoms. The molecule has 0 heterocycles. The molecular weight excluding hydrogens is 592 g/mol. The molecular formula is C11H2F20O3S. The van der Waals surface area contributed by atoms with Gasteiger partial charge in [-0.15, -0.1) is 0 Å². The van der Waals surface area contributed by atoms with Crippen LogP contribution in [0.4, 0.5) is 87.8 Å². The van der Waals surface area contributed by atoms with Gasteiger partial charge in [-0.05, 0) is 6.08 Å². The topological polar surface area (TPSA) is 43.4 Å². The predicted molar refractivity (Wildman–Crippen MR) is 65.9 cm³/mol. The third-order valence-corrected chi connectivity index (χ3v) is 4.42. The highest BCUT2D eigenvalue weighted by molar-refractivity contribution is 7.87. The van der Waals surface area contributed by atoms with Gasteiger partial charge in [0.15, 0.2) is 11.9 Å². The Hall–Kier alpha value is -1.75. The van der Waals surface area contributed by atoms with Gasteiger partial charge >= 0.3 is 57.6 Å². The third kappa shape index (κ3) is 5.50. The smallest absolute Gasteiger partial charge is 0.249 e. The van der Waals surface area contributed by atoms with E-state index in [-0.39, 0.29) is 0 Å². The van der Waals surface area contributed by atoms with E-state index < -0.39 is 75.6 Å². The summed E-state index contributed by atoms with van der Waals surface area (Å²) in [6, 6.07) is 0. The summed E-state index contributed by atoms with van der Waals surface area (Å²) in [5.41, 5.74) is -7.13. The zero-order valence-corrected chi connectivity index (χ0v) is 15.7. The van der Waals surface area contributed by atoms with Crippen molar-refractivity contribution in [2.75, 3.05) is 0 Å². The molecule has 0 aromatic carbocycles. The lowest BCUT2D eigenvalue weighted by Gasteiger charge is -2.36. The second kappa shape index (κ2) is 8.68. The summed E-state index contributed by atoms with van der Waals surface area (Å²) in [6.45, 7) is 0. The fraction of sp³-hybridized carbons (Fsp3) is 0.818. The second-order valence-corrected chi connectivity index (χ2v) is 7.41. The van der Waals surface area contributed by atoms with E-state index in [0.29, 0.717) is 0 Å². The molecule has 0 spiro atoms. The van der Waals surface area contributed by atoms with Crippen LogP contribution in [0.3, 0.4) is 0 Å². The molecule has 1 atom stereocenters. The molecule has 0 aliphatic rings. The molecule has 1 unspecified atom stereocenters. The van der Waals surface area contributed by atoms with Crippen LogP contribution in [0.15, 0.2) is 11.9 Å². The van der Waals surface area contributed by atoms with E-state index >= 15 is 0 Å². The van der Waals surface area contributed by atoms with Crippen LogP contribution in [0, 0.1) is 0 Å². The molecule has 0 aromatic rings. The lowest BCUT2D eigenvalue weighted by Crippen LogP contribution is -2.65. The number of hydrogen-bond donors (Lipinski definition) is 0. The summed E-state index contributed by atoms with van der Waals surface area (Å²) < 4.78 is 277. The monoisotopic (exact) mass is 594 g/mol. The molecule has 35 heavy (non-hydrogen) atoms. The molecule has 0 aromatic heterocycles. The minimum absolute atomic E-state index is 2.07. The fourth-order valence-corrected chi connectivity index (χ4v) is 2.07. The quantitative estimate of drug-likeness (QED) is 0.186. The molecule has 3 nitrogen and oxygen atoms in total. The van der Waals surface area contributed by atoms with Crippen LogP contribution in [0.2, 0.25) is 0 Å². The van der Waals surface area contributed by atoms with Gasteiger partial charge in [0.1, 0.15) is 0 Å². The highest BCUT2D eigenvalue weighted by Crippen LogP contribution is 2.56. The normalized spacial score (nSPS) is 17.5. The Labute approximate surface area is 177 Å². The van der Waals surface area contributed by atoms with Crippen molar-refractivity contribution in [1.29, 1.82) is 0 Å². The highest BCUT2D eigenvalue weighted by Gasteiger charge is 2.84. The van der Waals surface area contributed by atoms with E-state index in [4.69, 9.17) is 0 Å². The minimum Gasteiger partial charge on any atom is -0.249 e. The van der Waals surface area contributed by atoms with Crippen LogP contribution in [0.25, 0.3) is 0 Å². The average molecular weight is 594 g/mol. The van der Waals surface area contributed by atoms with Gasteiger partial charge in [0, 0.05) is 0 Å². The molecule has 0 amide bonds. The first kappa shape index (κ1) is 33.2.